The lowest BCUT2D eigenvalue weighted by Crippen LogP contribution is -2.46. The molecule has 0 radical (unpaired) electrons. The lowest BCUT2D eigenvalue weighted by Gasteiger charge is -2.32. The van der Waals surface area contributed by atoms with E-state index in [1.54, 1.807) is 4.90 Å². The van der Waals surface area contributed by atoms with Crippen LogP contribution >= 0.6 is 0 Å². The second-order valence-electron chi connectivity index (χ2n) is 5.99. The van der Waals surface area contributed by atoms with Crippen LogP contribution in [-0.2, 0) is 0 Å². The highest BCUT2D eigenvalue weighted by molar-refractivity contribution is 5.78. The number of nitrogens with zero attached hydrogens (tertiary/aromatic N) is 1. The summed E-state index contributed by atoms with van der Waals surface area (Å²) in [7, 11) is 0. The van der Waals surface area contributed by atoms with Gasteiger partial charge in [-0.2, -0.15) is 0 Å². The molecule has 3 rings (SSSR count). The average Bonchev–Trinajstić information content (AvgIpc) is 2.99. The van der Waals surface area contributed by atoms with Crippen molar-refractivity contribution in [2.24, 2.45) is 5.92 Å². The minimum absolute atomic E-state index is 0.0916. The van der Waals surface area contributed by atoms with Crippen LogP contribution in [0, 0.1) is 5.92 Å². The third kappa shape index (κ3) is 3.09. The van der Waals surface area contributed by atoms with Crippen LogP contribution in [0.1, 0.15) is 31.6 Å². The molecule has 0 spiro atoms. The fraction of sp³-hybridized carbons (Fsp3) is 0.471. The van der Waals surface area contributed by atoms with E-state index in [0.29, 0.717) is 6.54 Å². The number of hydrogen-bond acceptors (Lipinski definition) is 3. The molecule has 118 valence electrons. The number of piperidine rings is 1. The summed E-state index contributed by atoms with van der Waals surface area (Å²) in [4.78, 5) is 14.1. The molecule has 5 heteroatoms. The van der Waals surface area contributed by atoms with Crippen LogP contribution in [0.3, 0.4) is 0 Å². The Morgan fingerprint density at radius 3 is 3.09 bits per heavy atom. The lowest BCUT2D eigenvalue weighted by atomic mass is 9.99. The zero-order valence-corrected chi connectivity index (χ0v) is 12.8. The third-order valence-corrected chi connectivity index (χ3v) is 4.28. The van der Waals surface area contributed by atoms with Gasteiger partial charge in [0.15, 0.2) is 0 Å². The number of carbonyl (C=O) groups is 1. The van der Waals surface area contributed by atoms with Crippen molar-refractivity contribution in [2.45, 2.75) is 25.8 Å². The first-order valence-corrected chi connectivity index (χ1v) is 7.82. The molecule has 1 aromatic heterocycles. The molecule has 2 aromatic rings. The largest absolute Gasteiger partial charge is 0.459 e. The zero-order chi connectivity index (χ0) is 15.5. The number of benzene rings is 1. The maximum atomic E-state index is 12.4. The predicted molar refractivity (Wildman–Crippen MR) is 84.5 cm³/mol. The van der Waals surface area contributed by atoms with Gasteiger partial charge in [-0.25, -0.2) is 4.79 Å². The Hall–Kier alpha value is -2.01. The molecule has 0 saturated carbocycles. The Bertz CT molecular complexity index is 619. The van der Waals surface area contributed by atoms with Gasteiger partial charge in [-0.05, 0) is 37.8 Å². The fourth-order valence-corrected chi connectivity index (χ4v) is 2.96. The lowest BCUT2D eigenvalue weighted by molar-refractivity contribution is 0.127. The SMILES string of the molecule is CC(NC(=O)N1CCCC(CO)C1)c1cc2ccccc2o1. The standard InChI is InChI=1S/C17H22N2O3/c1-12(16-9-14-6-2-3-7-15(14)22-16)18-17(21)19-8-4-5-13(10-19)11-20/h2-3,6-7,9,12-13,20H,4-5,8,10-11H2,1H3,(H,18,21). The predicted octanol–water partition coefficient (Wildman–Crippen LogP) is 2.91. The Morgan fingerprint density at radius 2 is 2.32 bits per heavy atom. The molecular formula is C17H22N2O3. The van der Waals surface area contributed by atoms with Crippen molar-refractivity contribution in [1.82, 2.24) is 10.2 Å². The van der Waals surface area contributed by atoms with Crippen molar-refractivity contribution in [1.29, 1.82) is 0 Å². The molecule has 0 bridgehead atoms. The van der Waals surface area contributed by atoms with Gasteiger partial charge in [0, 0.05) is 25.1 Å². The first-order valence-electron chi connectivity index (χ1n) is 7.82. The smallest absolute Gasteiger partial charge is 0.317 e. The number of para-hydroxylation sites is 1. The van der Waals surface area contributed by atoms with Gasteiger partial charge in [-0.3, -0.25) is 0 Å². The van der Waals surface area contributed by atoms with E-state index >= 15 is 0 Å². The molecule has 1 aromatic carbocycles. The first-order chi connectivity index (χ1) is 10.7. The Labute approximate surface area is 129 Å². The summed E-state index contributed by atoms with van der Waals surface area (Å²) < 4.78 is 5.79. The monoisotopic (exact) mass is 302 g/mol. The normalized spacial score (nSPS) is 20.1. The molecule has 2 amide bonds. The molecule has 2 N–H and O–H groups in total. The number of aliphatic hydroxyl groups excluding tert-OH is 1. The van der Waals surface area contributed by atoms with Gasteiger partial charge < -0.3 is 19.7 Å². The Kier molecular flexibility index (Phi) is 4.34. The van der Waals surface area contributed by atoms with E-state index in [4.69, 9.17) is 4.42 Å². The van der Waals surface area contributed by atoms with E-state index in [9.17, 15) is 9.90 Å². The quantitative estimate of drug-likeness (QED) is 0.916. The van der Waals surface area contributed by atoms with E-state index in [2.05, 4.69) is 5.32 Å². The van der Waals surface area contributed by atoms with Crippen LogP contribution in [-0.4, -0.2) is 35.7 Å². The second kappa shape index (κ2) is 6.40. The van der Waals surface area contributed by atoms with Crippen molar-refractivity contribution in [3.8, 4) is 0 Å². The first kappa shape index (κ1) is 14.9. The molecule has 2 unspecified atom stereocenters. The number of furan rings is 1. The van der Waals surface area contributed by atoms with Crippen LogP contribution in [0.15, 0.2) is 34.7 Å². The molecule has 1 saturated heterocycles. The molecule has 0 aliphatic carbocycles. The minimum atomic E-state index is -0.186. The van der Waals surface area contributed by atoms with Crippen LogP contribution < -0.4 is 5.32 Å². The summed E-state index contributed by atoms with van der Waals surface area (Å²) in [5, 5.41) is 13.3. The average molecular weight is 302 g/mol. The molecule has 2 heterocycles. The van der Waals surface area contributed by atoms with E-state index in [1.165, 1.54) is 0 Å². The van der Waals surface area contributed by atoms with Gasteiger partial charge in [-0.15, -0.1) is 0 Å². The number of hydrogen-bond donors (Lipinski definition) is 2. The molecule has 1 aliphatic heterocycles. The van der Waals surface area contributed by atoms with E-state index < -0.39 is 0 Å². The van der Waals surface area contributed by atoms with E-state index in [0.717, 1.165) is 36.1 Å². The van der Waals surface area contributed by atoms with Crippen LogP contribution in [0.5, 0.6) is 0 Å². The van der Waals surface area contributed by atoms with Gasteiger partial charge >= 0.3 is 6.03 Å². The van der Waals surface area contributed by atoms with E-state index in [-0.39, 0.29) is 24.6 Å². The molecule has 1 aliphatic rings. The molecule has 22 heavy (non-hydrogen) atoms. The maximum Gasteiger partial charge on any atom is 0.317 e. The number of fused-ring (bicyclic) bond motifs is 1. The van der Waals surface area contributed by atoms with Gasteiger partial charge in [-0.1, -0.05) is 18.2 Å². The highest BCUT2D eigenvalue weighted by Gasteiger charge is 2.24. The zero-order valence-electron chi connectivity index (χ0n) is 12.8. The Balaban J connectivity index is 1.65. The van der Waals surface area contributed by atoms with Gasteiger partial charge in [0.05, 0.1) is 6.04 Å². The summed E-state index contributed by atoms with van der Waals surface area (Å²) in [5.41, 5.74) is 0.830. The topological polar surface area (TPSA) is 65.7 Å². The van der Waals surface area contributed by atoms with Crippen molar-refractivity contribution in [2.75, 3.05) is 19.7 Å². The second-order valence-corrected chi connectivity index (χ2v) is 5.99. The highest BCUT2D eigenvalue weighted by Crippen LogP contribution is 2.24. The number of aliphatic hydroxyl groups is 1. The van der Waals surface area contributed by atoms with Crippen LogP contribution in [0.4, 0.5) is 4.79 Å². The summed E-state index contributed by atoms with van der Waals surface area (Å²) in [6.45, 7) is 3.43. The van der Waals surface area contributed by atoms with Crippen LogP contribution in [0.2, 0.25) is 0 Å². The molecule has 1 fully saturated rings. The summed E-state index contributed by atoms with van der Waals surface area (Å²) in [6, 6.07) is 9.50. The van der Waals surface area contributed by atoms with Crippen molar-refractivity contribution in [3.63, 3.8) is 0 Å². The summed E-state index contributed by atoms with van der Waals surface area (Å²) in [6.07, 6.45) is 1.93. The number of nitrogens with one attached hydrogen (secondary N) is 1. The molecule has 2 atom stereocenters. The van der Waals surface area contributed by atoms with E-state index in [1.807, 2.05) is 37.3 Å². The van der Waals surface area contributed by atoms with Gasteiger partial charge in [0.2, 0.25) is 0 Å². The maximum absolute atomic E-state index is 12.4. The fourth-order valence-electron chi connectivity index (χ4n) is 2.96. The number of carbonyl (C=O) groups excluding carboxylic acids is 1. The number of likely N-dealkylation sites (tertiary alicyclic amines) is 1. The van der Waals surface area contributed by atoms with Crippen LogP contribution in [0.25, 0.3) is 11.0 Å². The Morgan fingerprint density at radius 1 is 1.50 bits per heavy atom. The highest BCUT2D eigenvalue weighted by atomic mass is 16.3. The van der Waals surface area contributed by atoms with Gasteiger partial charge in [0.1, 0.15) is 11.3 Å². The van der Waals surface area contributed by atoms with Crippen molar-refractivity contribution in [3.05, 3.63) is 36.1 Å². The number of urea groups is 1. The summed E-state index contributed by atoms with van der Waals surface area (Å²) >= 11 is 0. The third-order valence-electron chi connectivity index (χ3n) is 4.28. The number of rotatable bonds is 3. The van der Waals surface area contributed by atoms with Gasteiger partial charge in [0.25, 0.3) is 0 Å². The minimum Gasteiger partial charge on any atom is -0.459 e. The number of amides is 2. The molecular weight excluding hydrogens is 280 g/mol. The van der Waals surface area contributed by atoms with Crippen molar-refractivity contribution >= 4 is 17.0 Å². The summed E-state index contributed by atoms with van der Waals surface area (Å²) in [5.74, 6) is 0.950. The van der Waals surface area contributed by atoms with Crippen molar-refractivity contribution < 1.29 is 14.3 Å². The molecule has 5 nitrogen and oxygen atoms in total.